The molecule has 1 aliphatic carbocycles. The third-order valence-electron chi connectivity index (χ3n) is 3.52. The number of carbonyl (C=O) groups is 2. The van der Waals surface area contributed by atoms with Crippen molar-refractivity contribution in [2.24, 2.45) is 5.92 Å². The van der Waals surface area contributed by atoms with Crippen molar-refractivity contribution in [3.63, 3.8) is 0 Å². The van der Waals surface area contributed by atoms with Crippen molar-refractivity contribution >= 4 is 11.9 Å². The highest BCUT2D eigenvalue weighted by atomic mass is 16.5. The average Bonchev–Trinajstić information content (AvgIpc) is 2.84. The zero-order chi connectivity index (χ0) is 10.8. The molecule has 0 aromatic carbocycles. The van der Waals surface area contributed by atoms with Crippen LogP contribution in [0.2, 0.25) is 0 Å². The minimum absolute atomic E-state index is 0.0756. The number of methoxy groups -OCH3 is 1. The molecule has 0 aromatic heterocycles. The Kier molecular flexibility index (Phi) is 2.93. The van der Waals surface area contributed by atoms with Gasteiger partial charge in [0.25, 0.3) is 0 Å². The lowest BCUT2D eigenvalue weighted by Crippen LogP contribution is -2.41. The van der Waals surface area contributed by atoms with E-state index in [-0.39, 0.29) is 18.1 Å². The lowest BCUT2D eigenvalue weighted by atomic mass is 9.95. The largest absolute Gasteiger partial charge is 0.453 e. The second-order valence-electron chi connectivity index (χ2n) is 4.34. The first-order valence-electron chi connectivity index (χ1n) is 5.61. The minimum Gasteiger partial charge on any atom is -0.453 e. The van der Waals surface area contributed by atoms with E-state index in [1.165, 1.54) is 7.11 Å². The molecule has 2 fully saturated rings. The first-order valence-corrected chi connectivity index (χ1v) is 5.61. The molecule has 15 heavy (non-hydrogen) atoms. The summed E-state index contributed by atoms with van der Waals surface area (Å²) in [6.07, 6.45) is 4.27. The number of ether oxygens (including phenoxy) is 1. The van der Waals surface area contributed by atoms with E-state index >= 15 is 0 Å². The molecule has 1 aliphatic heterocycles. The van der Waals surface area contributed by atoms with Crippen LogP contribution in [0, 0.1) is 5.92 Å². The van der Waals surface area contributed by atoms with E-state index in [4.69, 9.17) is 4.74 Å². The molecule has 84 valence electrons. The van der Waals surface area contributed by atoms with Crippen molar-refractivity contribution in [2.75, 3.05) is 13.7 Å². The van der Waals surface area contributed by atoms with Gasteiger partial charge in [-0.2, -0.15) is 0 Å². The summed E-state index contributed by atoms with van der Waals surface area (Å²) in [6, 6.07) is 0.104. The van der Waals surface area contributed by atoms with Gasteiger partial charge in [0.15, 0.2) is 0 Å². The first-order chi connectivity index (χ1) is 7.24. The van der Waals surface area contributed by atoms with Crippen LogP contribution >= 0.6 is 0 Å². The molecule has 2 aliphatic rings. The van der Waals surface area contributed by atoms with Crippen molar-refractivity contribution in [1.82, 2.24) is 4.90 Å². The van der Waals surface area contributed by atoms with E-state index in [9.17, 15) is 9.59 Å². The highest BCUT2D eigenvalue weighted by molar-refractivity contribution is 5.84. The number of carbonyl (C=O) groups excluding carboxylic acids is 2. The van der Waals surface area contributed by atoms with Crippen LogP contribution in [0.3, 0.4) is 0 Å². The number of hydrogen-bond acceptors (Lipinski definition) is 3. The van der Waals surface area contributed by atoms with Gasteiger partial charge in [0, 0.05) is 24.9 Å². The van der Waals surface area contributed by atoms with Gasteiger partial charge < -0.3 is 9.64 Å². The summed E-state index contributed by atoms with van der Waals surface area (Å²) in [4.78, 5) is 24.8. The molecular weight excluding hydrogens is 194 g/mol. The molecule has 1 saturated carbocycles. The molecule has 1 heterocycles. The van der Waals surface area contributed by atoms with E-state index < -0.39 is 0 Å². The van der Waals surface area contributed by atoms with Crippen LogP contribution in [0.5, 0.6) is 0 Å². The predicted octanol–water partition coefficient (Wildman–Crippen LogP) is 1.59. The molecular formula is C11H17NO3. The highest BCUT2D eigenvalue weighted by Gasteiger charge is 2.40. The first kappa shape index (κ1) is 10.5. The number of hydrogen-bond donors (Lipinski definition) is 0. The lowest BCUT2D eigenvalue weighted by molar-refractivity contribution is -0.122. The Morgan fingerprint density at radius 3 is 2.80 bits per heavy atom. The smallest absolute Gasteiger partial charge is 0.409 e. The average molecular weight is 211 g/mol. The standard InChI is InChI=1S/C11H17NO3/c1-15-11(14)12-7-3-5-9(12)8-4-2-6-10(8)13/h8-9H,2-7H2,1H3. The molecule has 0 bridgehead atoms. The molecule has 0 N–H and O–H groups in total. The highest BCUT2D eigenvalue weighted by Crippen LogP contribution is 2.33. The van der Waals surface area contributed by atoms with Gasteiger partial charge in [0.2, 0.25) is 0 Å². The Hall–Kier alpha value is -1.06. The zero-order valence-electron chi connectivity index (χ0n) is 9.07. The Morgan fingerprint density at radius 1 is 1.40 bits per heavy atom. The number of Topliss-reactive ketones (excluding diaryl/α,β-unsaturated/α-hetero) is 1. The molecule has 1 amide bonds. The quantitative estimate of drug-likeness (QED) is 0.661. The third-order valence-corrected chi connectivity index (χ3v) is 3.52. The van der Waals surface area contributed by atoms with Crippen LogP contribution in [-0.2, 0) is 9.53 Å². The number of likely N-dealkylation sites (tertiary alicyclic amines) is 1. The summed E-state index contributed by atoms with van der Waals surface area (Å²) >= 11 is 0. The second-order valence-corrected chi connectivity index (χ2v) is 4.34. The normalized spacial score (nSPS) is 31.0. The molecule has 0 radical (unpaired) electrons. The second kappa shape index (κ2) is 4.21. The van der Waals surface area contributed by atoms with E-state index in [1.54, 1.807) is 4.90 Å². The topological polar surface area (TPSA) is 46.6 Å². The molecule has 2 rings (SSSR count). The van der Waals surface area contributed by atoms with Gasteiger partial charge in [-0.3, -0.25) is 4.79 Å². The fraction of sp³-hybridized carbons (Fsp3) is 0.818. The van der Waals surface area contributed by atoms with Gasteiger partial charge in [-0.05, 0) is 25.7 Å². The summed E-state index contributed by atoms with van der Waals surface area (Å²) < 4.78 is 4.73. The Balaban J connectivity index is 2.07. The van der Waals surface area contributed by atoms with Gasteiger partial charge in [-0.1, -0.05) is 0 Å². The number of amides is 1. The third kappa shape index (κ3) is 1.85. The SMILES string of the molecule is COC(=O)N1CCCC1C1CCCC1=O. The van der Waals surface area contributed by atoms with Crippen LogP contribution in [0.15, 0.2) is 0 Å². The summed E-state index contributed by atoms with van der Waals surface area (Å²) in [7, 11) is 1.40. The van der Waals surface area contributed by atoms with Gasteiger partial charge in [0.1, 0.15) is 5.78 Å². The monoisotopic (exact) mass is 211 g/mol. The van der Waals surface area contributed by atoms with Crippen molar-refractivity contribution in [3.05, 3.63) is 0 Å². The van der Waals surface area contributed by atoms with E-state index in [0.717, 1.165) is 32.2 Å². The summed E-state index contributed by atoms with van der Waals surface area (Å²) in [5.74, 6) is 0.405. The maximum absolute atomic E-state index is 11.6. The molecule has 0 aromatic rings. The van der Waals surface area contributed by atoms with Crippen LogP contribution in [0.4, 0.5) is 4.79 Å². The summed E-state index contributed by atoms with van der Waals surface area (Å²) in [6.45, 7) is 0.737. The van der Waals surface area contributed by atoms with E-state index in [1.807, 2.05) is 0 Å². The summed E-state index contributed by atoms with van der Waals surface area (Å²) in [5, 5.41) is 0. The van der Waals surface area contributed by atoms with Crippen LogP contribution in [0.25, 0.3) is 0 Å². The van der Waals surface area contributed by atoms with Crippen molar-refractivity contribution in [1.29, 1.82) is 0 Å². The maximum Gasteiger partial charge on any atom is 0.409 e. The fourth-order valence-electron chi connectivity index (χ4n) is 2.80. The van der Waals surface area contributed by atoms with Crippen molar-refractivity contribution in [2.45, 2.75) is 38.1 Å². The van der Waals surface area contributed by atoms with Crippen LogP contribution in [-0.4, -0.2) is 36.5 Å². The maximum atomic E-state index is 11.6. The van der Waals surface area contributed by atoms with Gasteiger partial charge in [0.05, 0.1) is 7.11 Å². The molecule has 4 heteroatoms. The van der Waals surface area contributed by atoms with E-state index in [2.05, 4.69) is 0 Å². The Labute approximate surface area is 89.6 Å². The van der Waals surface area contributed by atoms with E-state index in [0.29, 0.717) is 12.2 Å². The van der Waals surface area contributed by atoms with Crippen molar-refractivity contribution in [3.8, 4) is 0 Å². The Morgan fingerprint density at radius 2 is 2.20 bits per heavy atom. The molecule has 4 nitrogen and oxygen atoms in total. The number of nitrogens with zero attached hydrogens (tertiary/aromatic N) is 1. The lowest BCUT2D eigenvalue weighted by Gasteiger charge is -2.27. The van der Waals surface area contributed by atoms with Gasteiger partial charge >= 0.3 is 6.09 Å². The number of rotatable bonds is 1. The Bertz CT molecular complexity index is 277. The molecule has 1 saturated heterocycles. The predicted molar refractivity (Wildman–Crippen MR) is 54.5 cm³/mol. The number of ketones is 1. The van der Waals surface area contributed by atoms with Gasteiger partial charge in [-0.15, -0.1) is 0 Å². The fourth-order valence-corrected chi connectivity index (χ4v) is 2.80. The zero-order valence-corrected chi connectivity index (χ0v) is 9.07. The van der Waals surface area contributed by atoms with Crippen LogP contribution in [0.1, 0.15) is 32.1 Å². The summed E-state index contributed by atoms with van der Waals surface area (Å²) in [5.41, 5.74) is 0. The molecule has 0 spiro atoms. The van der Waals surface area contributed by atoms with Crippen LogP contribution < -0.4 is 0 Å². The molecule has 2 atom stereocenters. The minimum atomic E-state index is -0.280. The van der Waals surface area contributed by atoms with Gasteiger partial charge in [-0.25, -0.2) is 4.79 Å². The van der Waals surface area contributed by atoms with Crippen molar-refractivity contribution < 1.29 is 14.3 Å². The molecule has 2 unspecified atom stereocenters.